The van der Waals surface area contributed by atoms with Gasteiger partial charge >= 0.3 is 0 Å². The van der Waals surface area contributed by atoms with Gasteiger partial charge in [0.25, 0.3) is 0 Å². The molecule has 0 saturated heterocycles. The highest BCUT2D eigenvalue weighted by Gasteiger charge is 2.07. The number of aliphatic hydroxyl groups is 1. The number of hydrogen-bond donors (Lipinski definition) is 1. The van der Waals surface area contributed by atoms with Gasteiger partial charge < -0.3 is 9.52 Å². The Kier molecular flexibility index (Phi) is 4.80. The Morgan fingerprint density at radius 3 is 2.84 bits per heavy atom. The summed E-state index contributed by atoms with van der Waals surface area (Å²) in [7, 11) is 2.09. The molecule has 0 fully saturated rings. The maximum Gasteiger partial charge on any atom is 0.105 e. The van der Waals surface area contributed by atoms with Crippen molar-refractivity contribution in [2.75, 3.05) is 13.7 Å². The smallest absolute Gasteiger partial charge is 0.105 e. The Hall–Kier alpha value is -1.54. The first kappa shape index (κ1) is 13.9. The second-order valence-electron chi connectivity index (χ2n) is 4.40. The molecule has 100 valence electrons. The molecule has 4 heteroatoms. The molecule has 2 rings (SSSR count). The van der Waals surface area contributed by atoms with Crippen molar-refractivity contribution < 1.29 is 9.52 Å². The number of aryl methyl sites for hydroxylation is 1. The lowest BCUT2D eigenvalue weighted by atomic mass is 10.2. The van der Waals surface area contributed by atoms with Crippen LogP contribution in [0.3, 0.4) is 0 Å². The highest BCUT2D eigenvalue weighted by atomic mass is 32.1. The molecule has 0 bridgehead atoms. The van der Waals surface area contributed by atoms with Crippen molar-refractivity contribution in [3.05, 3.63) is 45.5 Å². The van der Waals surface area contributed by atoms with Gasteiger partial charge in [-0.05, 0) is 32.2 Å². The first-order chi connectivity index (χ1) is 9.19. The molecule has 0 unspecified atom stereocenters. The summed E-state index contributed by atoms with van der Waals surface area (Å²) in [5.74, 6) is 6.57. The first-order valence-corrected chi connectivity index (χ1v) is 6.90. The molecule has 0 amide bonds. The van der Waals surface area contributed by atoms with Gasteiger partial charge in [-0.15, -0.1) is 11.3 Å². The van der Waals surface area contributed by atoms with Crippen molar-refractivity contribution >= 4 is 11.3 Å². The Bertz CT molecular complexity index is 589. The number of thiophene rings is 1. The zero-order valence-electron chi connectivity index (χ0n) is 11.1. The molecule has 3 nitrogen and oxygen atoms in total. The molecule has 0 saturated carbocycles. The van der Waals surface area contributed by atoms with Gasteiger partial charge in [-0.3, -0.25) is 4.90 Å². The third-order valence-corrected chi connectivity index (χ3v) is 3.77. The molecule has 0 aliphatic carbocycles. The predicted octanol–water partition coefficient (Wildman–Crippen LogP) is 2.63. The maximum atomic E-state index is 8.66. The highest BCUT2D eigenvalue weighted by molar-refractivity contribution is 7.12. The van der Waals surface area contributed by atoms with E-state index in [0.717, 1.165) is 23.7 Å². The molecular formula is C15H17NO2S. The number of rotatable bonds is 4. The standard InChI is InChI=1S/C15H17NO2S/c1-12-13(7-9-18-12)10-16(2)11-15-6-5-14(19-15)4-3-8-17/h5-7,9,17H,8,10-11H2,1-2H3. The Labute approximate surface area is 117 Å². The molecule has 0 aliphatic heterocycles. The molecule has 0 spiro atoms. The van der Waals surface area contributed by atoms with Gasteiger partial charge in [0, 0.05) is 23.5 Å². The van der Waals surface area contributed by atoms with Crippen LogP contribution >= 0.6 is 11.3 Å². The third-order valence-electron chi connectivity index (χ3n) is 2.78. The molecule has 2 heterocycles. The van der Waals surface area contributed by atoms with Gasteiger partial charge in [0.2, 0.25) is 0 Å². The molecular weight excluding hydrogens is 258 g/mol. The second kappa shape index (κ2) is 6.58. The van der Waals surface area contributed by atoms with Gasteiger partial charge in [-0.1, -0.05) is 11.8 Å². The molecule has 0 aliphatic rings. The van der Waals surface area contributed by atoms with Gasteiger partial charge in [0.05, 0.1) is 11.1 Å². The summed E-state index contributed by atoms with van der Waals surface area (Å²) >= 11 is 1.67. The number of aliphatic hydroxyl groups excluding tert-OH is 1. The van der Waals surface area contributed by atoms with Crippen LogP contribution in [-0.2, 0) is 13.1 Å². The van der Waals surface area contributed by atoms with Crippen LogP contribution in [0.15, 0.2) is 28.9 Å². The fraction of sp³-hybridized carbons (Fsp3) is 0.333. The minimum Gasteiger partial charge on any atom is -0.469 e. The molecule has 2 aromatic rings. The lowest BCUT2D eigenvalue weighted by molar-refractivity contribution is 0.319. The largest absolute Gasteiger partial charge is 0.469 e. The van der Waals surface area contributed by atoms with E-state index in [1.54, 1.807) is 17.6 Å². The van der Waals surface area contributed by atoms with E-state index in [2.05, 4.69) is 29.9 Å². The minimum absolute atomic E-state index is 0.0904. The highest BCUT2D eigenvalue weighted by Crippen LogP contribution is 2.18. The number of hydrogen-bond acceptors (Lipinski definition) is 4. The topological polar surface area (TPSA) is 36.6 Å². The molecule has 0 aromatic carbocycles. The zero-order valence-corrected chi connectivity index (χ0v) is 12.0. The van der Waals surface area contributed by atoms with E-state index in [9.17, 15) is 0 Å². The van der Waals surface area contributed by atoms with Gasteiger partial charge in [0.1, 0.15) is 12.4 Å². The lowest BCUT2D eigenvalue weighted by Crippen LogP contribution is -2.16. The van der Waals surface area contributed by atoms with Gasteiger partial charge in [0.15, 0.2) is 0 Å². The average Bonchev–Trinajstić information content (AvgIpc) is 2.97. The zero-order chi connectivity index (χ0) is 13.7. The fourth-order valence-electron chi connectivity index (χ4n) is 1.84. The first-order valence-electron chi connectivity index (χ1n) is 6.09. The van der Waals surface area contributed by atoms with Crippen molar-refractivity contribution in [3.63, 3.8) is 0 Å². The van der Waals surface area contributed by atoms with Crippen molar-refractivity contribution in [3.8, 4) is 11.8 Å². The quantitative estimate of drug-likeness (QED) is 0.871. The molecule has 2 aromatic heterocycles. The Balaban J connectivity index is 1.93. The van der Waals surface area contributed by atoms with Crippen LogP contribution in [0.1, 0.15) is 21.1 Å². The van der Waals surface area contributed by atoms with E-state index in [-0.39, 0.29) is 6.61 Å². The average molecular weight is 275 g/mol. The van der Waals surface area contributed by atoms with E-state index in [1.807, 2.05) is 19.1 Å². The summed E-state index contributed by atoms with van der Waals surface area (Å²) in [4.78, 5) is 4.51. The molecule has 0 atom stereocenters. The summed E-state index contributed by atoms with van der Waals surface area (Å²) < 4.78 is 5.30. The van der Waals surface area contributed by atoms with Gasteiger partial charge in [-0.2, -0.15) is 0 Å². The van der Waals surface area contributed by atoms with Crippen molar-refractivity contribution in [1.82, 2.24) is 4.90 Å². The van der Waals surface area contributed by atoms with E-state index >= 15 is 0 Å². The van der Waals surface area contributed by atoms with Crippen LogP contribution in [0.2, 0.25) is 0 Å². The molecule has 0 radical (unpaired) electrons. The van der Waals surface area contributed by atoms with Crippen LogP contribution < -0.4 is 0 Å². The van der Waals surface area contributed by atoms with E-state index < -0.39 is 0 Å². The van der Waals surface area contributed by atoms with Crippen molar-refractivity contribution in [2.24, 2.45) is 0 Å². The van der Waals surface area contributed by atoms with E-state index in [0.29, 0.717) is 0 Å². The lowest BCUT2D eigenvalue weighted by Gasteiger charge is -2.14. The van der Waals surface area contributed by atoms with Crippen LogP contribution in [-0.4, -0.2) is 23.7 Å². The summed E-state index contributed by atoms with van der Waals surface area (Å²) in [5, 5.41) is 8.66. The van der Waals surface area contributed by atoms with Crippen LogP contribution in [0, 0.1) is 18.8 Å². The van der Waals surface area contributed by atoms with Crippen molar-refractivity contribution in [2.45, 2.75) is 20.0 Å². The summed E-state index contributed by atoms with van der Waals surface area (Å²) in [6, 6.07) is 6.10. The molecule has 1 N–H and O–H groups in total. The summed E-state index contributed by atoms with van der Waals surface area (Å²) in [6.45, 7) is 3.65. The van der Waals surface area contributed by atoms with E-state index in [4.69, 9.17) is 9.52 Å². The molecule has 19 heavy (non-hydrogen) atoms. The Morgan fingerprint density at radius 1 is 1.32 bits per heavy atom. The van der Waals surface area contributed by atoms with Crippen molar-refractivity contribution in [1.29, 1.82) is 0 Å². The maximum absolute atomic E-state index is 8.66. The summed E-state index contributed by atoms with van der Waals surface area (Å²) in [6.07, 6.45) is 1.73. The SMILES string of the molecule is Cc1occc1CN(C)Cc1ccc(C#CCO)s1. The van der Waals surface area contributed by atoms with E-state index in [1.165, 1.54) is 10.4 Å². The van der Waals surface area contributed by atoms with Crippen LogP contribution in [0.25, 0.3) is 0 Å². The fourth-order valence-corrected chi connectivity index (χ4v) is 2.81. The van der Waals surface area contributed by atoms with Crippen LogP contribution in [0.5, 0.6) is 0 Å². The second-order valence-corrected chi connectivity index (χ2v) is 5.57. The number of nitrogens with zero attached hydrogens (tertiary/aromatic N) is 1. The number of furan rings is 1. The van der Waals surface area contributed by atoms with Crippen LogP contribution in [0.4, 0.5) is 0 Å². The van der Waals surface area contributed by atoms with Gasteiger partial charge in [-0.25, -0.2) is 0 Å². The predicted molar refractivity (Wildman–Crippen MR) is 76.9 cm³/mol. The monoisotopic (exact) mass is 275 g/mol. The minimum atomic E-state index is -0.0904. The summed E-state index contributed by atoms with van der Waals surface area (Å²) in [5.41, 5.74) is 1.22. The Morgan fingerprint density at radius 2 is 2.16 bits per heavy atom. The third kappa shape index (κ3) is 3.97. The normalized spacial score (nSPS) is 10.5.